The van der Waals surface area contributed by atoms with E-state index in [9.17, 15) is 13.2 Å². The highest BCUT2D eigenvalue weighted by Gasteiger charge is 2.55. The highest BCUT2D eigenvalue weighted by atomic mass is 32.2. The lowest BCUT2D eigenvalue weighted by molar-refractivity contribution is -0.144. The molecule has 0 saturated carbocycles. The fourth-order valence-electron chi connectivity index (χ4n) is 3.59. The molecule has 5 heteroatoms. The molecule has 2 aromatic rings. The number of carbonyl (C=O) groups is 1. The van der Waals surface area contributed by atoms with Crippen molar-refractivity contribution in [3.63, 3.8) is 0 Å². The van der Waals surface area contributed by atoms with Crippen LogP contribution in [0.15, 0.2) is 72.1 Å². The zero-order chi connectivity index (χ0) is 18.1. The fourth-order valence-corrected chi connectivity index (χ4v) is 5.61. The molecule has 0 aromatic heterocycles. The van der Waals surface area contributed by atoms with Crippen molar-refractivity contribution in [1.29, 1.82) is 0 Å². The van der Waals surface area contributed by atoms with Gasteiger partial charge in [-0.3, -0.25) is 4.79 Å². The summed E-state index contributed by atoms with van der Waals surface area (Å²) in [7, 11) is -2.71. The molecule has 0 bridgehead atoms. The van der Waals surface area contributed by atoms with Crippen LogP contribution in [-0.2, 0) is 25.8 Å². The van der Waals surface area contributed by atoms with E-state index in [4.69, 9.17) is 4.74 Å². The summed E-state index contributed by atoms with van der Waals surface area (Å²) < 4.78 is 30.2. The molecule has 0 radical (unpaired) electrons. The summed E-state index contributed by atoms with van der Waals surface area (Å²) in [4.78, 5) is 12.9. The van der Waals surface area contributed by atoms with E-state index in [1.54, 1.807) is 24.3 Å². The van der Waals surface area contributed by atoms with Crippen molar-refractivity contribution in [3.05, 3.63) is 78.4 Å². The molecule has 3 rings (SSSR count). The van der Waals surface area contributed by atoms with E-state index in [2.05, 4.69) is 6.58 Å². The van der Waals surface area contributed by atoms with Crippen molar-refractivity contribution in [2.24, 2.45) is 0 Å². The standard InChI is InChI=1S/C20H20O4S/c1-3-15-13-20(19(21)24-2,14-16-9-7-8-12-18(15)16)25(22,23)17-10-5-4-6-11-17/h3-12,15H,1,13-14H2,2H3. The summed E-state index contributed by atoms with van der Waals surface area (Å²) in [5.41, 5.74) is 1.85. The number of allylic oxidation sites excluding steroid dienone is 1. The van der Waals surface area contributed by atoms with Gasteiger partial charge in [0.2, 0.25) is 0 Å². The monoisotopic (exact) mass is 356 g/mol. The van der Waals surface area contributed by atoms with Gasteiger partial charge in [-0.25, -0.2) is 8.42 Å². The van der Waals surface area contributed by atoms with E-state index >= 15 is 0 Å². The Morgan fingerprint density at radius 2 is 1.80 bits per heavy atom. The highest BCUT2D eigenvalue weighted by Crippen LogP contribution is 2.45. The molecule has 25 heavy (non-hydrogen) atoms. The molecular formula is C20H20O4S. The van der Waals surface area contributed by atoms with Crippen molar-refractivity contribution in [2.45, 2.75) is 28.4 Å². The average Bonchev–Trinajstić information content (AvgIpc) is 2.66. The maximum atomic E-state index is 13.4. The van der Waals surface area contributed by atoms with Gasteiger partial charge in [0.1, 0.15) is 0 Å². The van der Waals surface area contributed by atoms with Crippen LogP contribution in [0.1, 0.15) is 23.5 Å². The zero-order valence-corrected chi connectivity index (χ0v) is 14.8. The predicted molar refractivity (Wildman–Crippen MR) is 96.1 cm³/mol. The van der Waals surface area contributed by atoms with Crippen LogP contribution in [0.25, 0.3) is 0 Å². The number of ether oxygens (including phenoxy) is 1. The maximum absolute atomic E-state index is 13.4. The number of benzene rings is 2. The molecule has 1 aliphatic carbocycles. The quantitative estimate of drug-likeness (QED) is 0.623. The minimum Gasteiger partial charge on any atom is -0.468 e. The van der Waals surface area contributed by atoms with Crippen molar-refractivity contribution in [1.82, 2.24) is 0 Å². The number of methoxy groups -OCH3 is 1. The Hall–Kier alpha value is -2.40. The molecule has 0 fully saturated rings. The Bertz CT molecular complexity index is 902. The summed E-state index contributed by atoms with van der Waals surface area (Å²) in [5.74, 6) is -0.958. The van der Waals surface area contributed by atoms with Gasteiger partial charge in [-0.2, -0.15) is 0 Å². The SMILES string of the molecule is C=CC1CC(C(=O)OC)(S(=O)(=O)c2ccccc2)Cc2ccccc21. The van der Waals surface area contributed by atoms with Gasteiger partial charge < -0.3 is 4.74 Å². The van der Waals surface area contributed by atoms with Crippen molar-refractivity contribution < 1.29 is 17.9 Å². The van der Waals surface area contributed by atoms with Crippen LogP contribution in [0.2, 0.25) is 0 Å². The molecule has 2 unspecified atom stereocenters. The van der Waals surface area contributed by atoms with Crippen LogP contribution in [-0.4, -0.2) is 26.2 Å². The molecule has 2 aromatic carbocycles. The molecule has 0 N–H and O–H groups in total. The molecule has 0 saturated heterocycles. The molecule has 0 spiro atoms. The Morgan fingerprint density at radius 3 is 2.44 bits per heavy atom. The molecule has 130 valence electrons. The van der Waals surface area contributed by atoms with Crippen molar-refractivity contribution in [3.8, 4) is 0 Å². The number of sulfone groups is 1. The second-order valence-electron chi connectivity index (χ2n) is 6.22. The van der Waals surface area contributed by atoms with E-state index in [-0.39, 0.29) is 23.7 Å². The lowest BCUT2D eigenvalue weighted by atomic mass is 9.76. The summed E-state index contributed by atoms with van der Waals surface area (Å²) in [6.45, 7) is 3.84. The van der Waals surface area contributed by atoms with Crippen molar-refractivity contribution in [2.75, 3.05) is 7.11 Å². The first kappa shape index (κ1) is 17.4. The molecule has 2 atom stereocenters. The third-order valence-corrected chi connectivity index (χ3v) is 7.29. The highest BCUT2D eigenvalue weighted by molar-refractivity contribution is 7.93. The number of fused-ring (bicyclic) bond motifs is 1. The maximum Gasteiger partial charge on any atom is 0.327 e. The first-order valence-corrected chi connectivity index (χ1v) is 9.53. The van der Waals surface area contributed by atoms with Gasteiger partial charge >= 0.3 is 5.97 Å². The molecular weight excluding hydrogens is 336 g/mol. The van der Waals surface area contributed by atoms with Crippen LogP contribution < -0.4 is 0 Å². The first-order valence-electron chi connectivity index (χ1n) is 8.05. The number of esters is 1. The number of hydrogen-bond donors (Lipinski definition) is 0. The number of rotatable bonds is 4. The van der Waals surface area contributed by atoms with E-state index < -0.39 is 20.6 Å². The van der Waals surface area contributed by atoms with Crippen LogP contribution in [0.5, 0.6) is 0 Å². The molecule has 0 aliphatic heterocycles. The van der Waals surface area contributed by atoms with Crippen LogP contribution >= 0.6 is 0 Å². The molecule has 0 heterocycles. The van der Waals surface area contributed by atoms with E-state index in [1.165, 1.54) is 19.2 Å². The third-order valence-electron chi connectivity index (χ3n) is 4.89. The van der Waals surface area contributed by atoms with Crippen LogP contribution in [0.4, 0.5) is 0 Å². The topological polar surface area (TPSA) is 60.4 Å². The largest absolute Gasteiger partial charge is 0.468 e. The summed E-state index contributed by atoms with van der Waals surface area (Å²) in [5, 5.41) is 0. The van der Waals surface area contributed by atoms with E-state index in [0.29, 0.717) is 0 Å². The summed E-state index contributed by atoms with van der Waals surface area (Å²) >= 11 is 0. The summed E-state index contributed by atoms with van der Waals surface area (Å²) in [6, 6.07) is 15.7. The van der Waals surface area contributed by atoms with Gasteiger partial charge in [-0.15, -0.1) is 6.58 Å². The van der Waals surface area contributed by atoms with E-state index in [1.807, 2.05) is 24.3 Å². The second-order valence-corrected chi connectivity index (χ2v) is 8.48. The second kappa shape index (κ2) is 6.48. The average molecular weight is 356 g/mol. The Balaban J connectivity index is 2.23. The minimum atomic E-state index is -3.94. The van der Waals surface area contributed by atoms with Crippen LogP contribution in [0, 0.1) is 0 Å². The zero-order valence-electron chi connectivity index (χ0n) is 14.0. The van der Waals surface area contributed by atoms with Gasteiger partial charge in [0.15, 0.2) is 14.6 Å². The lowest BCUT2D eigenvalue weighted by Crippen LogP contribution is -2.52. The predicted octanol–water partition coefficient (Wildman–Crippen LogP) is 3.29. The number of carbonyl (C=O) groups excluding carboxylic acids is 1. The van der Waals surface area contributed by atoms with Gasteiger partial charge in [0.05, 0.1) is 12.0 Å². The van der Waals surface area contributed by atoms with Crippen molar-refractivity contribution >= 4 is 15.8 Å². The summed E-state index contributed by atoms with van der Waals surface area (Å²) in [6.07, 6.45) is 1.92. The van der Waals surface area contributed by atoms with Crippen LogP contribution in [0.3, 0.4) is 0 Å². The Labute approximate surface area is 148 Å². The van der Waals surface area contributed by atoms with Gasteiger partial charge in [-0.1, -0.05) is 48.5 Å². The lowest BCUT2D eigenvalue weighted by Gasteiger charge is -2.38. The fraction of sp³-hybridized carbons (Fsp3) is 0.250. The smallest absolute Gasteiger partial charge is 0.327 e. The molecule has 4 nitrogen and oxygen atoms in total. The van der Waals surface area contributed by atoms with E-state index in [0.717, 1.165) is 11.1 Å². The van der Waals surface area contributed by atoms with Gasteiger partial charge in [0.25, 0.3) is 0 Å². The van der Waals surface area contributed by atoms with Gasteiger partial charge in [0, 0.05) is 12.3 Å². The number of hydrogen-bond acceptors (Lipinski definition) is 4. The third kappa shape index (κ3) is 2.68. The molecule has 1 aliphatic rings. The van der Waals surface area contributed by atoms with Gasteiger partial charge in [-0.05, 0) is 29.7 Å². The first-order chi connectivity index (χ1) is 12.0. The molecule has 0 amide bonds. The Morgan fingerprint density at radius 1 is 1.16 bits per heavy atom. The normalized spacial score (nSPS) is 22.7. The Kier molecular flexibility index (Phi) is 4.52. The minimum absolute atomic E-state index is 0.0947.